The van der Waals surface area contributed by atoms with E-state index in [1.54, 1.807) is 0 Å². The minimum absolute atomic E-state index is 0.0122. The fourth-order valence-electron chi connectivity index (χ4n) is 2.35. The molecule has 0 spiro atoms. The van der Waals surface area contributed by atoms with E-state index in [1.807, 2.05) is 0 Å². The van der Waals surface area contributed by atoms with Crippen LogP contribution in [0.3, 0.4) is 0 Å². The Hall–Kier alpha value is -2.91. The molecule has 0 heterocycles. The van der Waals surface area contributed by atoms with Gasteiger partial charge in [-0.25, -0.2) is 0 Å². The maximum absolute atomic E-state index is 12.7. The Balaban J connectivity index is 2.59. The number of carbonyl (C=O) groups excluding carboxylic acids is 1. The zero-order valence-corrected chi connectivity index (χ0v) is 16.0. The molecule has 0 fully saturated rings. The molecule has 0 saturated heterocycles. The van der Waals surface area contributed by atoms with Crippen molar-refractivity contribution in [3.63, 3.8) is 0 Å². The topological polar surface area (TPSA) is 126 Å². The van der Waals surface area contributed by atoms with Gasteiger partial charge < -0.3 is 25.3 Å². The summed E-state index contributed by atoms with van der Waals surface area (Å²) in [6.45, 7) is 0. The van der Waals surface area contributed by atoms with Gasteiger partial charge in [0, 0.05) is 11.8 Å². The number of methoxy groups -OCH3 is 3. The minimum atomic E-state index is -0.808. The number of halogens is 2. The van der Waals surface area contributed by atoms with E-state index in [4.69, 9.17) is 43.1 Å². The summed E-state index contributed by atoms with van der Waals surface area (Å²) in [5.74, 6) is -0.987. The average Bonchev–Trinajstić information content (AvgIpc) is 2.63. The molecular weight excluding hydrogens is 401 g/mol. The van der Waals surface area contributed by atoms with Gasteiger partial charge in [-0.1, -0.05) is 23.2 Å². The van der Waals surface area contributed by atoms with Gasteiger partial charge >= 0.3 is 5.69 Å². The largest absolute Gasteiger partial charge is 0.493 e. The van der Waals surface area contributed by atoms with Gasteiger partial charge in [0.1, 0.15) is 5.56 Å². The van der Waals surface area contributed by atoms with Crippen LogP contribution < -0.4 is 25.3 Å². The van der Waals surface area contributed by atoms with Crippen LogP contribution in [0.15, 0.2) is 18.2 Å². The monoisotopic (exact) mass is 415 g/mol. The molecule has 3 N–H and O–H groups in total. The van der Waals surface area contributed by atoms with E-state index in [0.29, 0.717) is 0 Å². The van der Waals surface area contributed by atoms with Crippen molar-refractivity contribution in [2.75, 3.05) is 32.4 Å². The van der Waals surface area contributed by atoms with Crippen LogP contribution in [0.2, 0.25) is 10.0 Å². The van der Waals surface area contributed by atoms with Gasteiger partial charge in [-0.3, -0.25) is 14.9 Å². The number of nitrogens with two attached hydrogens (primary N) is 1. The van der Waals surface area contributed by atoms with E-state index in [1.165, 1.54) is 39.5 Å². The third kappa shape index (κ3) is 3.93. The summed E-state index contributed by atoms with van der Waals surface area (Å²) in [7, 11) is 3.83. The zero-order valence-electron chi connectivity index (χ0n) is 14.5. The molecule has 11 heteroatoms. The van der Waals surface area contributed by atoms with Crippen LogP contribution in [0.4, 0.5) is 17.1 Å². The summed E-state index contributed by atoms with van der Waals surface area (Å²) >= 11 is 11.9. The molecule has 144 valence electrons. The van der Waals surface area contributed by atoms with Crippen molar-refractivity contribution in [1.29, 1.82) is 0 Å². The molecule has 0 radical (unpaired) electrons. The molecule has 2 aromatic carbocycles. The molecule has 0 aliphatic heterocycles. The average molecular weight is 416 g/mol. The van der Waals surface area contributed by atoms with E-state index in [9.17, 15) is 14.9 Å². The zero-order chi connectivity index (χ0) is 20.3. The van der Waals surface area contributed by atoms with E-state index in [2.05, 4.69) is 5.32 Å². The number of nitro groups is 1. The number of benzene rings is 2. The van der Waals surface area contributed by atoms with Crippen molar-refractivity contribution < 1.29 is 23.9 Å². The molecule has 0 saturated carbocycles. The fourth-order valence-corrected chi connectivity index (χ4v) is 2.84. The summed E-state index contributed by atoms with van der Waals surface area (Å²) in [5.41, 5.74) is 5.11. The molecule has 2 rings (SSSR count). The second kappa shape index (κ2) is 8.19. The lowest BCUT2D eigenvalue weighted by atomic mass is 10.1. The molecule has 0 atom stereocenters. The SMILES string of the molecule is COc1cc(C(=O)Nc2cc(Cl)c(N)c(Cl)c2)c([N+](=O)[O-])c(OC)c1OC. The van der Waals surface area contributed by atoms with E-state index >= 15 is 0 Å². The molecule has 2 aromatic rings. The highest BCUT2D eigenvalue weighted by atomic mass is 35.5. The third-order valence-corrected chi connectivity index (χ3v) is 4.19. The Morgan fingerprint density at radius 2 is 1.63 bits per heavy atom. The fraction of sp³-hybridized carbons (Fsp3) is 0.188. The van der Waals surface area contributed by atoms with Crippen molar-refractivity contribution in [1.82, 2.24) is 0 Å². The highest BCUT2D eigenvalue weighted by Gasteiger charge is 2.32. The molecule has 0 bridgehead atoms. The Morgan fingerprint density at radius 3 is 2.07 bits per heavy atom. The first kappa shape index (κ1) is 20.4. The molecular formula is C16H15Cl2N3O6. The van der Waals surface area contributed by atoms with Gasteiger partial charge in [0.25, 0.3) is 5.91 Å². The van der Waals surface area contributed by atoms with Crippen molar-refractivity contribution >= 4 is 46.2 Å². The number of hydrogen-bond donors (Lipinski definition) is 2. The van der Waals surface area contributed by atoms with Crippen molar-refractivity contribution in [3.05, 3.63) is 43.9 Å². The van der Waals surface area contributed by atoms with Gasteiger partial charge in [-0.2, -0.15) is 0 Å². The van der Waals surface area contributed by atoms with Crippen LogP contribution in [0, 0.1) is 10.1 Å². The first-order chi connectivity index (χ1) is 12.7. The van der Waals surface area contributed by atoms with Crippen LogP contribution >= 0.6 is 23.2 Å². The molecule has 1 amide bonds. The van der Waals surface area contributed by atoms with Crippen molar-refractivity contribution in [2.45, 2.75) is 0 Å². The number of anilines is 2. The van der Waals surface area contributed by atoms with Gasteiger partial charge in [0.2, 0.25) is 11.5 Å². The summed E-state index contributed by atoms with van der Waals surface area (Å²) in [6.07, 6.45) is 0. The number of rotatable bonds is 6. The predicted octanol–water partition coefficient (Wildman–Crippen LogP) is 3.76. The van der Waals surface area contributed by atoms with Gasteiger partial charge in [-0.15, -0.1) is 0 Å². The van der Waals surface area contributed by atoms with Gasteiger partial charge in [0.15, 0.2) is 5.75 Å². The van der Waals surface area contributed by atoms with Gasteiger partial charge in [0.05, 0.1) is 42.0 Å². The molecule has 0 aliphatic carbocycles. The molecule has 27 heavy (non-hydrogen) atoms. The maximum atomic E-state index is 12.7. The first-order valence-electron chi connectivity index (χ1n) is 7.28. The summed E-state index contributed by atoms with van der Waals surface area (Å²) in [4.78, 5) is 23.5. The highest BCUT2D eigenvalue weighted by Crippen LogP contribution is 2.46. The number of nitrogens with one attached hydrogen (secondary N) is 1. The number of amides is 1. The van der Waals surface area contributed by atoms with E-state index in [0.717, 1.165) is 0 Å². The summed E-state index contributed by atoms with van der Waals surface area (Å²) in [5, 5.41) is 14.3. The van der Waals surface area contributed by atoms with Crippen LogP contribution in [-0.2, 0) is 0 Å². The van der Waals surface area contributed by atoms with Gasteiger partial charge in [-0.05, 0) is 12.1 Å². The first-order valence-corrected chi connectivity index (χ1v) is 8.03. The number of ether oxygens (including phenoxy) is 3. The number of nitrogen functional groups attached to an aromatic ring is 1. The standard InChI is InChI=1S/C16H15Cl2N3O6/c1-25-11-6-8(13(21(23)24)15(27-3)14(11)26-2)16(22)20-7-4-9(17)12(19)10(18)5-7/h4-6H,19H2,1-3H3,(H,20,22). The molecule has 0 aromatic heterocycles. The van der Waals surface area contributed by atoms with Crippen LogP contribution in [0.1, 0.15) is 10.4 Å². The third-order valence-electron chi connectivity index (χ3n) is 3.57. The lowest BCUT2D eigenvalue weighted by Crippen LogP contribution is -2.15. The number of nitro benzene ring substituents is 1. The van der Waals surface area contributed by atoms with E-state index in [-0.39, 0.29) is 44.2 Å². The summed E-state index contributed by atoms with van der Waals surface area (Å²) in [6, 6.07) is 3.91. The maximum Gasteiger partial charge on any atom is 0.327 e. The lowest BCUT2D eigenvalue weighted by molar-refractivity contribution is -0.386. The molecule has 0 aliphatic rings. The quantitative estimate of drug-likeness (QED) is 0.417. The lowest BCUT2D eigenvalue weighted by Gasteiger charge is -2.15. The van der Waals surface area contributed by atoms with Crippen LogP contribution in [-0.4, -0.2) is 32.2 Å². The molecule has 0 unspecified atom stereocenters. The second-order valence-corrected chi connectivity index (χ2v) is 5.92. The van der Waals surface area contributed by atoms with E-state index < -0.39 is 16.5 Å². The normalized spacial score (nSPS) is 10.3. The Kier molecular flexibility index (Phi) is 6.19. The smallest absolute Gasteiger partial charge is 0.327 e. The van der Waals surface area contributed by atoms with Crippen LogP contribution in [0.25, 0.3) is 0 Å². The molecule has 9 nitrogen and oxygen atoms in total. The highest BCUT2D eigenvalue weighted by molar-refractivity contribution is 6.39. The second-order valence-electron chi connectivity index (χ2n) is 5.11. The Bertz CT molecular complexity index is 897. The van der Waals surface area contributed by atoms with Crippen molar-refractivity contribution in [2.24, 2.45) is 0 Å². The number of nitrogens with zero attached hydrogens (tertiary/aromatic N) is 1. The Labute approximate surface area is 164 Å². The number of hydrogen-bond acceptors (Lipinski definition) is 7. The minimum Gasteiger partial charge on any atom is -0.493 e. The predicted molar refractivity (Wildman–Crippen MR) is 102 cm³/mol. The summed E-state index contributed by atoms with van der Waals surface area (Å²) < 4.78 is 15.3. The van der Waals surface area contributed by atoms with Crippen LogP contribution in [0.5, 0.6) is 17.2 Å². The van der Waals surface area contributed by atoms with Crippen molar-refractivity contribution in [3.8, 4) is 17.2 Å². The Morgan fingerprint density at radius 1 is 1.07 bits per heavy atom. The number of carbonyl (C=O) groups is 1.